The van der Waals surface area contributed by atoms with E-state index in [0.29, 0.717) is 25.9 Å². The zero-order valence-electron chi connectivity index (χ0n) is 33.8. The molecule has 2 aromatic heterocycles. The summed E-state index contributed by atoms with van der Waals surface area (Å²) < 4.78 is 0. The molecule has 2 aliphatic heterocycles. The second-order valence-electron chi connectivity index (χ2n) is 16.6. The molecule has 2 saturated carbocycles. The van der Waals surface area contributed by atoms with Crippen LogP contribution in [0.2, 0.25) is 0 Å². The Labute approximate surface area is 350 Å². The topological polar surface area (TPSA) is 125 Å². The molecule has 4 aromatic rings. The quantitative estimate of drug-likeness (QED) is 0.110. The maximum absolute atomic E-state index is 13.8. The summed E-state index contributed by atoms with van der Waals surface area (Å²) in [5, 5.41) is 8.08. The first-order chi connectivity index (χ1) is 28.3. The van der Waals surface area contributed by atoms with Crippen molar-refractivity contribution in [2.45, 2.75) is 128 Å². The summed E-state index contributed by atoms with van der Waals surface area (Å²) >= 11 is 3.30. The maximum Gasteiger partial charge on any atom is 0.245 e. The molecule has 4 amide bonds. The zero-order valence-corrected chi connectivity index (χ0v) is 35.4. The number of hydrogen-bond acceptors (Lipinski definition) is 8. The lowest BCUT2D eigenvalue weighted by atomic mass is 10.0. The zero-order chi connectivity index (χ0) is 40.2. The molecule has 58 heavy (non-hydrogen) atoms. The molecule has 0 bridgehead atoms. The van der Waals surface area contributed by atoms with Crippen LogP contribution in [0.3, 0.4) is 0 Å². The van der Waals surface area contributed by atoms with Gasteiger partial charge < -0.3 is 20.4 Å². The summed E-state index contributed by atoms with van der Waals surface area (Å²) in [6.07, 6.45) is 16.3. The normalized spacial score (nSPS) is 20.2. The fourth-order valence-electron chi connectivity index (χ4n) is 8.38. The molecule has 2 N–H and O–H groups in total. The van der Waals surface area contributed by atoms with Crippen molar-refractivity contribution < 1.29 is 19.2 Å². The summed E-state index contributed by atoms with van der Waals surface area (Å²) in [7, 11) is 0. The number of unbranched alkanes of at least 4 members (excludes halogenated alkanes) is 2. The minimum atomic E-state index is -0.462. The van der Waals surface area contributed by atoms with E-state index >= 15 is 0 Å². The lowest BCUT2D eigenvalue weighted by molar-refractivity contribution is -0.138. The third-order valence-corrected chi connectivity index (χ3v) is 14.5. The van der Waals surface area contributed by atoms with Gasteiger partial charge in [-0.1, -0.05) is 88.1 Å². The molecular formula is C46H56N6O4S2. The third kappa shape index (κ3) is 9.23. The van der Waals surface area contributed by atoms with Gasteiger partial charge in [-0.2, -0.15) is 0 Å². The van der Waals surface area contributed by atoms with Crippen LogP contribution in [0.25, 0.3) is 32.0 Å². The predicted molar refractivity (Wildman–Crippen MR) is 230 cm³/mol. The van der Waals surface area contributed by atoms with Crippen LogP contribution in [-0.2, 0) is 19.2 Å². The number of carbonyl (C=O) groups is 4. The second-order valence-corrected chi connectivity index (χ2v) is 18.7. The first-order valence-electron chi connectivity index (χ1n) is 21.7. The van der Waals surface area contributed by atoms with Crippen LogP contribution in [0.4, 0.5) is 0 Å². The molecule has 12 heteroatoms. The molecule has 0 radical (unpaired) electrons. The Balaban J connectivity index is 0.897. The van der Waals surface area contributed by atoms with Crippen LogP contribution in [0.1, 0.15) is 126 Å². The highest BCUT2D eigenvalue weighted by Gasteiger charge is 2.40. The number of nitrogens with one attached hydrogen (secondary N) is 2. The van der Waals surface area contributed by atoms with E-state index in [1.807, 2.05) is 22.2 Å². The van der Waals surface area contributed by atoms with E-state index in [1.165, 1.54) is 0 Å². The molecule has 2 saturated heterocycles. The Morgan fingerprint density at radius 1 is 0.603 bits per heavy atom. The lowest BCUT2D eigenvalue weighted by Crippen LogP contribution is -2.48. The van der Waals surface area contributed by atoms with Crippen molar-refractivity contribution in [1.82, 2.24) is 30.4 Å². The summed E-state index contributed by atoms with van der Waals surface area (Å²) in [6.45, 7) is 5.62. The van der Waals surface area contributed by atoms with Gasteiger partial charge >= 0.3 is 0 Å². The number of amides is 4. The first-order valence-corrected chi connectivity index (χ1v) is 23.3. The van der Waals surface area contributed by atoms with Crippen molar-refractivity contribution >= 4 is 46.3 Å². The third-order valence-electron chi connectivity index (χ3n) is 12.2. The fraction of sp³-hybridized carbons (Fsp3) is 0.522. The molecule has 4 atom stereocenters. The van der Waals surface area contributed by atoms with E-state index in [1.54, 1.807) is 22.7 Å². The average molecular weight is 821 g/mol. The molecule has 4 aliphatic rings. The largest absolute Gasteiger partial charge is 0.344 e. The van der Waals surface area contributed by atoms with Crippen molar-refractivity contribution in [2.24, 2.45) is 11.8 Å². The molecule has 306 valence electrons. The van der Waals surface area contributed by atoms with Gasteiger partial charge in [-0.25, -0.2) is 9.97 Å². The van der Waals surface area contributed by atoms with Crippen LogP contribution in [0.5, 0.6) is 0 Å². The Kier molecular flexibility index (Phi) is 12.7. The smallest absolute Gasteiger partial charge is 0.245 e. The highest BCUT2D eigenvalue weighted by Crippen LogP contribution is 2.40. The molecule has 10 nitrogen and oxygen atoms in total. The van der Waals surface area contributed by atoms with Gasteiger partial charge in [0, 0.05) is 37.3 Å². The van der Waals surface area contributed by atoms with Crippen molar-refractivity contribution in [3.05, 3.63) is 70.9 Å². The summed E-state index contributed by atoms with van der Waals surface area (Å²) in [6, 6.07) is 16.1. The number of benzene rings is 2. The second kappa shape index (κ2) is 18.2. The van der Waals surface area contributed by atoms with Gasteiger partial charge in [0.15, 0.2) is 0 Å². The molecule has 8 rings (SSSR count). The molecule has 4 heterocycles. The molecule has 2 aromatic carbocycles. The number of rotatable bonds is 17. The molecule has 2 aliphatic carbocycles. The van der Waals surface area contributed by atoms with Crippen molar-refractivity contribution in [2.75, 3.05) is 13.1 Å². The monoisotopic (exact) mass is 820 g/mol. The standard InChI is InChI=1S/C46H56N6O4S2/c1-3-5-9-35(49-41(53)33-21-22-33)45(55)51-25-7-11-37(51)43-47-27-39(57-43)31-17-13-29(14-18-31)30-15-19-32(20-16-30)40-28-48-44(58-40)38-12-8-26-52(38)46(56)36(10-6-4-2)50-42(54)34-23-24-34/h13-20,27-28,33-38H,3-12,21-26H2,1-2H3,(H,49,53)(H,50,54)/t35-,36-,37+,38+/m1/s1. The minimum Gasteiger partial charge on any atom is -0.344 e. The van der Waals surface area contributed by atoms with Gasteiger partial charge in [-0.15, -0.1) is 22.7 Å². The lowest BCUT2D eigenvalue weighted by Gasteiger charge is -2.28. The summed E-state index contributed by atoms with van der Waals surface area (Å²) in [5.74, 6) is 0.271. The van der Waals surface area contributed by atoms with Crippen LogP contribution in [0.15, 0.2) is 60.9 Å². The van der Waals surface area contributed by atoms with Gasteiger partial charge in [-0.05, 0) is 86.5 Å². The number of nitrogens with zero attached hydrogens (tertiary/aromatic N) is 4. The van der Waals surface area contributed by atoms with E-state index in [0.717, 1.165) is 119 Å². The van der Waals surface area contributed by atoms with Gasteiger partial charge in [0.25, 0.3) is 0 Å². The molecule has 0 spiro atoms. The van der Waals surface area contributed by atoms with E-state index in [2.05, 4.69) is 73.0 Å². The highest BCUT2D eigenvalue weighted by atomic mass is 32.1. The fourth-order valence-corrected chi connectivity index (χ4v) is 10.5. The van der Waals surface area contributed by atoms with Gasteiger partial charge in [0.1, 0.15) is 22.1 Å². The average Bonchev–Trinajstić information content (AvgIpc) is 4.01. The van der Waals surface area contributed by atoms with Crippen molar-refractivity contribution in [3.8, 4) is 32.0 Å². The molecule has 0 unspecified atom stereocenters. The highest BCUT2D eigenvalue weighted by molar-refractivity contribution is 7.15. The van der Waals surface area contributed by atoms with E-state index < -0.39 is 12.1 Å². The summed E-state index contributed by atoms with van der Waals surface area (Å²) in [4.78, 5) is 68.6. The van der Waals surface area contributed by atoms with E-state index in [-0.39, 0.29) is 47.5 Å². The summed E-state index contributed by atoms with van der Waals surface area (Å²) in [5.41, 5.74) is 4.43. The number of likely N-dealkylation sites (tertiary alicyclic amines) is 2. The van der Waals surface area contributed by atoms with Crippen molar-refractivity contribution in [1.29, 1.82) is 0 Å². The Bertz CT molecular complexity index is 1920. The van der Waals surface area contributed by atoms with Gasteiger partial charge in [0.2, 0.25) is 23.6 Å². The van der Waals surface area contributed by atoms with E-state index in [4.69, 9.17) is 9.97 Å². The van der Waals surface area contributed by atoms with Crippen LogP contribution < -0.4 is 10.6 Å². The maximum atomic E-state index is 13.8. The Hall–Kier alpha value is -4.42. The molecular weight excluding hydrogens is 765 g/mol. The Morgan fingerprint density at radius 3 is 1.34 bits per heavy atom. The number of carbonyl (C=O) groups excluding carboxylic acids is 4. The van der Waals surface area contributed by atoms with Crippen LogP contribution in [0, 0.1) is 11.8 Å². The molecule has 4 fully saturated rings. The number of hydrogen-bond donors (Lipinski definition) is 2. The van der Waals surface area contributed by atoms with E-state index in [9.17, 15) is 19.2 Å². The van der Waals surface area contributed by atoms with Crippen molar-refractivity contribution in [3.63, 3.8) is 0 Å². The number of thiazole rings is 2. The number of aromatic nitrogens is 2. The van der Waals surface area contributed by atoms with Crippen LogP contribution in [-0.4, -0.2) is 68.6 Å². The first kappa shape index (κ1) is 40.4. The van der Waals surface area contributed by atoms with Gasteiger partial charge in [0.05, 0.1) is 21.8 Å². The Morgan fingerprint density at radius 2 is 0.983 bits per heavy atom. The minimum absolute atomic E-state index is 0.0283. The predicted octanol–water partition coefficient (Wildman–Crippen LogP) is 9.10. The SMILES string of the molecule is CCCC[C@@H](NC(=O)C1CC1)C(=O)N1CCC[C@H]1c1ncc(-c2ccc(-c3ccc(-c4cnc([C@@H]5CCCN5C(=O)[C@@H](CCCC)NC(=O)C5CC5)s4)cc3)cc2)s1. The van der Waals surface area contributed by atoms with Crippen LogP contribution >= 0.6 is 22.7 Å². The van der Waals surface area contributed by atoms with Gasteiger partial charge in [-0.3, -0.25) is 19.2 Å².